The molecule has 8 heteroatoms. The molecule has 1 N–H and O–H groups in total. The first-order chi connectivity index (χ1) is 9.22. The number of carbonyl (C=O) groups is 2. The number of carbonyl (C=O) groups excluding carboxylic acids is 2. The van der Waals surface area contributed by atoms with E-state index in [-0.39, 0.29) is 12.3 Å². The highest BCUT2D eigenvalue weighted by molar-refractivity contribution is 7.89. The van der Waals surface area contributed by atoms with Crippen molar-refractivity contribution < 1.29 is 18.0 Å². The lowest BCUT2D eigenvalue weighted by atomic mass is 9.85. The van der Waals surface area contributed by atoms with Gasteiger partial charge in [-0.3, -0.25) is 14.3 Å². The van der Waals surface area contributed by atoms with Crippen LogP contribution in [-0.2, 0) is 26.0 Å². The Kier molecular flexibility index (Phi) is 3.88. The molecule has 1 aliphatic heterocycles. The molecule has 2 rings (SSSR count). The van der Waals surface area contributed by atoms with Gasteiger partial charge in [0.25, 0.3) is 5.91 Å². The summed E-state index contributed by atoms with van der Waals surface area (Å²) in [4.78, 5) is 25.6. The summed E-state index contributed by atoms with van der Waals surface area (Å²) < 4.78 is 24.2. The van der Waals surface area contributed by atoms with E-state index in [9.17, 15) is 18.0 Å². The third kappa shape index (κ3) is 3.01. The smallest absolute Gasteiger partial charge is 0.259 e. The molecule has 2 amide bonds. The van der Waals surface area contributed by atoms with Gasteiger partial charge >= 0.3 is 0 Å². The van der Waals surface area contributed by atoms with Gasteiger partial charge in [0, 0.05) is 6.54 Å². The van der Waals surface area contributed by atoms with E-state index < -0.39 is 21.5 Å². The van der Waals surface area contributed by atoms with Crippen LogP contribution in [0.5, 0.6) is 0 Å². The first-order valence-electron chi connectivity index (χ1n) is 6.06. The number of sulfonamides is 1. The van der Waals surface area contributed by atoms with Crippen molar-refractivity contribution in [1.29, 1.82) is 0 Å². The van der Waals surface area contributed by atoms with Crippen LogP contribution in [0.3, 0.4) is 0 Å². The van der Waals surface area contributed by atoms with Crippen molar-refractivity contribution in [3.63, 3.8) is 0 Å². The molecule has 1 aliphatic rings. The van der Waals surface area contributed by atoms with Gasteiger partial charge < -0.3 is 4.90 Å². The van der Waals surface area contributed by atoms with Crippen LogP contribution in [0.1, 0.15) is 18.9 Å². The summed E-state index contributed by atoms with van der Waals surface area (Å²) in [5.41, 5.74) is -0.173. The monoisotopic (exact) mass is 316 g/mol. The first kappa shape index (κ1) is 15.0. The number of rotatable bonds is 4. The van der Waals surface area contributed by atoms with Gasteiger partial charge in [0.15, 0.2) is 0 Å². The third-order valence-corrected chi connectivity index (χ3v) is 4.71. The summed E-state index contributed by atoms with van der Waals surface area (Å²) >= 11 is 1.50. The Hall–Kier alpha value is -1.41. The molecular weight excluding hydrogens is 300 g/mol. The zero-order valence-electron chi connectivity index (χ0n) is 11.3. The highest BCUT2D eigenvalue weighted by atomic mass is 32.2. The molecule has 0 spiro atoms. The Balaban J connectivity index is 2.06. The normalized spacial score (nSPS) is 22.2. The van der Waals surface area contributed by atoms with E-state index in [2.05, 4.69) is 0 Å². The molecule has 1 atom stereocenters. The number of nitrogens with zero attached hydrogens (tertiary/aromatic N) is 1. The van der Waals surface area contributed by atoms with E-state index >= 15 is 0 Å². The van der Waals surface area contributed by atoms with E-state index in [1.165, 1.54) is 16.2 Å². The maximum Gasteiger partial charge on any atom is 0.259 e. The van der Waals surface area contributed by atoms with Gasteiger partial charge in [-0.1, -0.05) is 0 Å². The lowest BCUT2D eigenvalue weighted by Gasteiger charge is -2.48. The molecule has 2 heterocycles. The Bertz CT molecular complexity index is 624. The number of thiophene rings is 1. The largest absolute Gasteiger partial charge is 0.328 e. The molecule has 6 nitrogen and oxygen atoms in total. The van der Waals surface area contributed by atoms with Gasteiger partial charge in [0.1, 0.15) is 5.54 Å². The SMILES string of the molecule is CC1(C(=O)NS(C)(=O)=O)CCN1C(=O)Cc1ccsc1. The quantitative estimate of drug-likeness (QED) is 0.869. The van der Waals surface area contributed by atoms with Crippen LogP contribution in [-0.4, -0.2) is 43.5 Å². The molecule has 1 aromatic rings. The highest BCUT2D eigenvalue weighted by Crippen LogP contribution is 2.31. The Morgan fingerprint density at radius 3 is 2.65 bits per heavy atom. The molecule has 0 aromatic carbocycles. The van der Waals surface area contributed by atoms with Crippen LogP contribution in [0, 0.1) is 0 Å². The molecule has 1 unspecified atom stereocenters. The van der Waals surface area contributed by atoms with Crippen molar-refractivity contribution >= 4 is 33.2 Å². The van der Waals surface area contributed by atoms with Crippen molar-refractivity contribution in [2.75, 3.05) is 12.8 Å². The second-order valence-electron chi connectivity index (χ2n) is 5.08. The van der Waals surface area contributed by atoms with E-state index in [1.807, 2.05) is 21.5 Å². The van der Waals surface area contributed by atoms with Crippen molar-refractivity contribution in [2.24, 2.45) is 0 Å². The minimum atomic E-state index is -3.62. The number of hydrogen-bond acceptors (Lipinski definition) is 5. The topological polar surface area (TPSA) is 83.6 Å². The maximum absolute atomic E-state index is 12.2. The Morgan fingerprint density at radius 2 is 2.20 bits per heavy atom. The minimum Gasteiger partial charge on any atom is -0.328 e. The van der Waals surface area contributed by atoms with Gasteiger partial charge in [-0.25, -0.2) is 8.42 Å². The average molecular weight is 316 g/mol. The van der Waals surface area contributed by atoms with Gasteiger partial charge in [0.2, 0.25) is 15.9 Å². The lowest BCUT2D eigenvalue weighted by molar-refractivity contribution is -0.156. The zero-order valence-corrected chi connectivity index (χ0v) is 12.9. The van der Waals surface area contributed by atoms with Gasteiger partial charge in [-0.15, -0.1) is 0 Å². The van der Waals surface area contributed by atoms with Gasteiger partial charge in [-0.2, -0.15) is 11.3 Å². The van der Waals surface area contributed by atoms with Gasteiger partial charge in [-0.05, 0) is 35.7 Å². The predicted octanol–water partition coefficient (Wildman–Crippen LogP) is 0.357. The molecule has 0 bridgehead atoms. The van der Waals surface area contributed by atoms with E-state index in [1.54, 1.807) is 6.92 Å². The first-order valence-corrected chi connectivity index (χ1v) is 8.89. The zero-order chi connectivity index (χ0) is 15.0. The molecule has 1 saturated heterocycles. The predicted molar refractivity (Wildman–Crippen MR) is 75.7 cm³/mol. The Labute approximate surface area is 121 Å². The summed E-state index contributed by atoms with van der Waals surface area (Å²) in [7, 11) is -3.62. The molecule has 1 aromatic heterocycles. The fourth-order valence-electron chi connectivity index (χ4n) is 2.14. The molecule has 110 valence electrons. The molecule has 0 saturated carbocycles. The van der Waals surface area contributed by atoms with E-state index in [0.29, 0.717) is 13.0 Å². The van der Waals surface area contributed by atoms with Crippen LogP contribution in [0.4, 0.5) is 0 Å². The van der Waals surface area contributed by atoms with Crippen LogP contribution in [0.15, 0.2) is 16.8 Å². The maximum atomic E-state index is 12.2. The summed E-state index contributed by atoms with van der Waals surface area (Å²) in [6.45, 7) is 2.05. The summed E-state index contributed by atoms with van der Waals surface area (Å²) in [6.07, 6.45) is 1.61. The summed E-state index contributed by atoms with van der Waals surface area (Å²) in [5, 5.41) is 3.76. The summed E-state index contributed by atoms with van der Waals surface area (Å²) in [5.74, 6) is -0.814. The van der Waals surface area contributed by atoms with Crippen molar-refractivity contribution in [2.45, 2.75) is 25.3 Å². The second kappa shape index (κ2) is 5.17. The Morgan fingerprint density at radius 1 is 1.50 bits per heavy atom. The van der Waals surface area contributed by atoms with Crippen molar-refractivity contribution in [1.82, 2.24) is 9.62 Å². The average Bonchev–Trinajstić information content (AvgIpc) is 2.76. The van der Waals surface area contributed by atoms with Crippen LogP contribution >= 0.6 is 11.3 Å². The number of nitrogens with one attached hydrogen (secondary N) is 1. The standard InChI is InChI=1S/C12H16N2O4S2/c1-12(11(16)13-20(2,17)18)4-5-14(12)10(15)7-9-3-6-19-8-9/h3,6,8H,4-5,7H2,1-2H3,(H,13,16). The number of likely N-dealkylation sites (tertiary alicyclic amines) is 1. The number of hydrogen-bond donors (Lipinski definition) is 1. The van der Waals surface area contributed by atoms with E-state index in [0.717, 1.165) is 11.8 Å². The lowest BCUT2D eigenvalue weighted by Crippen LogP contribution is -2.68. The van der Waals surface area contributed by atoms with Crippen molar-refractivity contribution in [3.05, 3.63) is 22.4 Å². The van der Waals surface area contributed by atoms with Crippen LogP contribution < -0.4 is 4.72 Å². The molecule has 0 radical (unpaired) electrons. The molecular formula is C12H16N2O4S2. The second-order valence-corrected chi connectivity index (χ2v) is 7.61. The van der Waals surface area contributed by atoms with Crippen LogP contribution in [0.2, 0.25) is 0 Å². The number of amides is 2. The third-order valence-electron chi connectivity index (χ3n) is 3.42. The van der Waals surface area contributed by atoms with E-state index in [4.69, 9.17) is 0 Å². The van der Waals surface area contributed by atoms with Crippen LogP contribution in [0.25, 0.3) is 0 Å². The fraction of sp³-hybridized carbons (Fsp3) is 0.500. The van der Waals surface area contributed by atoms with Crippen molar-refractivity contribution in [3.8, 4) is 0 Å². The van der Waals surface area contributed by atoms with Gasteiger partial charge in [0.05, 0.1) is 12.7 Å². The fourth-order valence-corrected chi connectivity index (χ4v) is 3.36. The minimum absolute atomic E-state index is 0.166. The highest BCUT2D eigenvalue weighted by Gasteiger charge is 2.49. The summed E-state index contributed by atoms with van der Waals surface area (Å²) in [6, 6.07) is 1.86. The molecule has 1 fully saturated rings. The molecule has 20 heavy (non-hydrogen) atoms. The molecule has 0 aliphatic carbocycles.